The number of aryl methyl sites for hydroxylation is 1. The fourth-order valence-electron chi connectivity index (χ4n) is 2.69. The number of nitrogens with zero attached hydrogens (tertiary/aromatic N) is 1. The molecule has 0 bridgehead atoms. The van der Waals surface area contributed by atoms with E-state index < -0.39 is 4.92 Å². The van der Waals surface area contributed by atoms with Crippen LogP contribution < -0.4 is 0 Å². The van der Waals surface area contributed by atoms with Crippen molar-refractivity contribution in [2.75, 3.05) is 0 Å². The van der Waals surface area contributed by atoms with Crippen LogP contribution in [0, 0.1) is 17.0 Å². The topological polar surface area (TPSA) is 73.3 Å². The molecule has 0 aliphatic rings. The Hall–Kier alpha value is -2.86. The number of hydrogen-bond acceptors (Lipinski definition) is 5. The maximum atomic E-state index is 12.7. The van der Waals surface area contributed by atoms with E-state index in [-0.39, 0.29) is 16.7 Å². The van der Waals surface area contributed by atoms with Crippen molar-refractivity contribution < 1.29 is 14.1 Å². The third kappa shape index (κ3) is 5.08. The highest BCUT2D eigenvalue weighted by Crippen LogP contribution is 2.36. The van der Waals surface area contributed by atoms with E-state index in [1.165, 1.54) is 12.1 Å². The predicted octanol–water partition coefficient (Wildman–Crippen LogP) is 5.74. The van der Waals surface area contributed by atoms with Crippen LogP contribution in [0.25, 0.3) is 0 Å². The number of ketones is 1. The first kappa shape index (κ1) is 18.9. The van der Waals surface area contributed by atoms with Crippen molar-refractivity contribution in [2.45, 2.75) is 24.3 Å². The summed E-state index contributed by atoms with van der Waals surface area (Å²) >= 11 is 1.59. The number of benzene rings is 2. The smallest absolute Gasteiger partial charge is 0.269 e. The summed E-state index contributed by atoms with van der Waals surface area (Å²) in [7, 11) is 0. The van der Waals surface area contributed by atoms with Crippen molar-refractivity contribution in [1.29, 1.82) is 0 Å². The van der Waals surface area contributed by atoms with Gasteiger partial charge in [0.05, 0.1) is 16.9 Å². The van der Waals surface area contributed by atoms with E-state index in [0.717, 1.165) is 16.9 Å². The van der Waals surface area contributed by atoms with Crippen LogP contribution in [0.2, 0.25) is 0 Å². The average Bonchev–Trinajstić information content (AvgIpc) is 3.19. The molecule has 3 aromatic rings. The summed E-state index contributed by atoms with van der Waals surface area (Å²) in [5.74, 6) is 1.50. The maximum Gasteiger partial charge on any atom is 0.269 e. The number of thioether (sulfide) groups is 1. The summed E-state index contributed by atoms with van der Waals surface area (Å²) < 4.78 is 5.38. The molecule has 0 aliphatic carbocycles. The minimum atomic E-state index is -0.424. The highest BCUT2D eigenvalue weighted by atomic mass is 32.2. The molecule has 27 heavy (non-hydrogen) atoms. The Morgan fingerprint density at radius 2 is 1.81 bits per heavy atom. The molecule has 138 valence electrons. The van der Waals surface area contributed by atoms with E-state index in [1.807, 2.05) is 43.3 Å². The van der Waals surface area contributed by atoms with E-state index in [2.05, 4.69) is 0 Å². The van der Waals surface area contributed by atoms with Crippen LogP contribution in [-0.2, 0) is 5.75 Å². The molecule has 0 saturated heterocycles. The first-order chi connectivity index (χ1) is 13.0. The summed E-state index contributed by atoms with van der Waals surface area (Å²) in [6.45, 7) is 1.98. The van der Waals surface area contributed by atoms with Gasteiger partial charge in [0.15, 0.2) is 5.78 Å². The molecule has 1 atom stereocenters. The monoisotopic (exact) mass is 381 g/mol. The van der Waals surface area contributed by atoms with E-state index in [4.69, 9.17) is 4.42 Å². The molecule has 1 heterocycles. The van der Waals surface area contributed by atoms with Gasteiger partial charge in [-0.3, -0.25) is 14.9 Å². The van der Waals surface area contributed by atoms with Gasteiger partial charge >= 0.3 is 0 Å². The maximum absolute atomic E-state index is 12.7. The summed E-state index contributed by atoms with van der Waals surface area (Å²) in [5, 5.41) is 10.8. The number of hydrogen-bond donors (Lipinski definition) is 0. The Morgan fingerprint density at radius 3 is 2.41 bits per heavy atom. The lowest BCUT2D eigenvalue weighted by Gasteiger charge is -2.16. The van der Waals surface area contributed by atoms with E-state index in [9.17, 15) is 14.9 Å². The summed E-state index contributed by atoms with van der Waals surface area (Å²) in [6.07, 6.45) is 1.93. The molecule has 5 nitrogen and oxygen atoms in total. The fraction of sp³-hybridized carbons (Fsp3) is 0.190. The van der Waals surface area contributed by atoms with Crippen molar-refractivity contribution in [3.8, 4) is 0 Å². The number of non-ortho nitro benzene ring substituents is 1. The molecular weight excluding hydrogens is 362 g/mol. The molecule has 2 aromatic carbocycles. The van der Waals surface area contributed by atoms with E-state index in [1.54, 1.807) is 30.2 Å². The molecule has 0 spiro atoms. The standard InChI is InChI=1S/C21H19NO4S/c1-15-4-6-16(7-5-15)20(23)13-21(27-14-19-3-2-12-26-19)17-8-10-18(11-9-17)22(24)25/h2-12,21H,13-14H2,1H3/t21-/m1/s1. The van der Waals surface area contributed by atoms with Gasteiger partial charge in [0.25, 0.3) is 5.69 Å². The molecule has 0 fully saturated rings. The van der Waals surface area contributed by atoms with Crippen molar-refractivity contribution in [2.24, 2.45) is 0 Å². The molecule has 0 N–H and O–H groups in total. The lowest BCUT2D eigenvalue weighted by molar-refractivity contribution is -0.384. The molecule has 0 unspecified atom stereocenters. The third-order valence-corrected chi connectivity index (χ3v) is 5.52. The Kier molecular flexibility index (Phi) is 6.08. The van der Waals surface area contributed by atoms with E-state index >= 15 is 0 Å². The van der Waals surface area contributed by atoms with Crippen molar-refractivity contribution in [3.05, 3.63) is 99.5 Å². The normalized spacial score (nSPS) is 11.9. The van der Waals surface area contributed by atoms with E-state index in [0.29, 0.717) is 17.7 Å². The van der Waals surface area contributed by atoms with Gasteiger partial charge in [0, 0.05) is 29.4 Å². The second kappa shape index (κ2) is 8.68. The van der Waals surface area contributed by atoms with Gasteiger partial charge in [-0.1, -0.05) is 42.0 Å². The number of carbonyl (C=O) groups excluding carboxylic acids is 1. The van der Waals surface area contributed by atoms with Gasteiger partial charge in [-0.05, 0) is 24.6 Å². The van der Waals surface area contributed by atoms with Crippen LogP contribution in [-0.4, -0.2) is 10.7 Å². The number of furan rings is 1. The molecular formula is C21H19NO4S. The number of Topliss-reactive ketones (excluding diaryl/α,β-unsaturated/α-hetero) is 1. The van der Waals surface area contributed by atoms with Gasteiger partial charge in [-0.25, -0.2) is 0 Å². The largest absolute Gasteiger partial charge is 0.468 e. The van der Waals surface area contributed by atoms with Gasteiger partial charge in [-0.2, -0.15) is 0 Å². The molecule has 6 heteroatoms. The number of nitro benzene ring substituents is 1. The van der Waals surface area contributed by atoms with Crippen LogP contribution in [0.15, 0.2) is 71.3 Å². The zero-order valence-corrected chi connectivity index (χ0v) is 15.6. The molecule has 0 radical (unpaired) electrons. The molecule has 0 aliphatic heterocycles. The van der Waals surface area contributed by atoms with Gasteiger partial charge in [-0.15, -0.1) is 11.8 Å². The molecule has 3 rings (SSSR count). The fourth-order valence-corrected chi connectivity index (χ4v) is 3.84. The Labute approximate surface area is 161 Å². The summed E-state index contributed by atoms with van der Waals surface area (Å²) in [6, 6.07) is 17.6. The number of nitro groups is 1. The van der Waals surface area contributed by atoms with Crippen LogP contribution in [0.3, 0.4) is 0 Å². The number of carbonyl (C=O) groups is 1. The lowest BCUT2D eigenvalue weighted by atomic mass is 10.0. The molecule has 0 saturated carbocycles. The van der Waals surface area contributed by atoms with Crippen molar-refractivity contribution >= 4 is 23.2 Å². The highest BCUT2D eigenvalue weighted by molar-refractivity contribution is 7.98. The zero-order chi connectivity index (χ0) is 19.2. The first-order valence-corrected chi connectivity index (χ1v) is 9.56. The van der Waals surface area contributed by atoms with Gasteiger partial charge in [0.1, 0.15) is 5.76 Å². The van der Waals surface area contributed by atoms with Crippen LogP contribution in [0.4, 0.5) is 5.69 Å². The quantitative estimate of drug-likeness (QED) is 0.282. The van der Waals surface area contributed by atoms with Crippen LogP contribution in [0.1, 0.15) is 38.9 Å². The zero-order valence-electron chi connectivity index (χ0n) is 14.8. The Bertz CT molecular complexity index is 902. The van der Waals surface area contributed by atoms with Gasteiger partial charge in [0.2, 0.25) is 0 Å². The summed E-state index contributed by atoms with van der Waals surface area (Å²) in [4.78, 5) is 23.2. The number of rotatable bonds is 8. The second-order valence-electron chi connectivity index (χ2n) is 6.22. The van der Waals surface area contributed by atoms with Gasteiger partial charge < -0.3 is 4.42 Å². The predicted molar refractivity (Wildman–Crippen MR) is 106 cm³/mol. The Morgan fingerprint density at radius 1 is 1.11 bits per heavy atom. The minimum Gasteiger partial charge on any atom is -0.468 e. The van der Waals surface area contributed by atoms with Crippen molar-refractivity contribution in [1.82, 2.24) is 0 Å². The minimum absolute atomic E-state index is 0.0402. The first-order valence-electron chi connectivity index (χ1n) is 8.51. The lowest BCUT2D eigenvalue weighted by Crippen LogP contribution is -2.06. The average molecular weight is 381 g/mol. The Balaban J connectivity index is 1.78. The SMILES string of the molecule is Cc1ccc(C(=O)C[C@@H](SCc2ccco2)c2ccc([N+](=O)[O-])cc2)cc1. The van der Waals surface area contributed by atoms with Crippen LogP contribution in [0.5, 0.6) is 0 Å². The van der Waals surface area contributed by atoms with Crippen molar-refractivity contribution in [3.63, 3.8) is 0 Å². The second-order valence-corrected chi connectivity index (χ2v) is 7.41. The molecule has 1 aromatic heterocycles. The summed E-state index contributed by atoms with van der Waals surface area (Å²) in [5.41, 5.74) is 2.70. The third-order valence-electron chi connectivity index (χ3n) is 4.23. The highest BCUT2D eigenvalue weighted by Gasteiger charge is 2.19. The molecule has 0 amide bonds. The van der Waals surface area contributed by atoms with Crippen LogP contribution >= 0.6 is 11.8 Å².